The minimum absolute atomic E-state index is 0.178. The molecule has 0 saturated carbocycles. The third-order valence-corrected chi connectivity index (χ3v) is 9.61. The highest BCUT2D eigenvalue weighted by Gasteiger charge is 2.44. The Morgan fingerprint density at radius 2 is 1.15 bits per heavy atom. The Morgan fingerprint density at radius 3 is 1.62 bits per heavy atom. The Morgan fingerprint density at radius 1 is 0.688 bits per heavy atom. The zero-order valence-corrected chi connectivity index (χ0v) is 30.7. The molecule has 1 rings (SSSR count). The largest absolute Gasteiger partial charge is 0.394 e. The molecule has 1 aliphatic rings. The number of unbranched alkanes of at least 4 members (excludes halogenated alkanes) is 22. The number of carbonyl (C=O) groups is 1. The number of carbonyl (C=O) groups excluding carboxylic acids is 1. The summed E-state index contributed by atoms with van der Waals surface area (Å²) in [5.41, 5.74) is 0. The first-order valence-corrected chi connectivity index (χ1v) is 19.9. The van der Waals surface area contributed by atoms with E-state index in [-0.39, 0.29) is 12.5 Å². The van der Waals surface area contributed by atoms with E-state index in [1.807, 2.05) is 6.08 Å². The Kier molecular flexibility index (Phi) is 28.8. The molecule has 2 unspecified atom stereocenters. The van der Waals surface area contributed by atoms with Crippen LogP contribution >= 0.6 is 0 Å². The van der Waals surface area contributed by atoms with Crippen LogP contribution in [0.1, 0.15) is 174 Å². The quantitative estimate of drug-likeness (QED) is 0.0328. The molecule has 48 heavy (non-hydrogen) atoms. The molecule has 0 aliphatic carbocycles. The summed E-state index contributed by atoms with van der Waals surface area (Å²) >= 11 is 0. The summed E-state index contributed by atoms with van der Waals surface area (Å²) in [6, 6.07) is -0.795. The van der Waals surface area contributed by atoms with Gasteiger partial charge in [0.2, 0.25) is 5.91 Å². The lowest BCUT2D eigenvalue weighted by Gasteiger charge is -2.40. The molecule has 7 atom stereocenters. The van der Waals surface area contributed by atoms with Gasteiger partial charge >= 0.3 is 0 Å². The van der Waals surface area contributed by atoms with Gasteiger partial charge in [-0.1, -0.05) is 161 Å². The molecule has 1 aliphatic heterocycles. The molecule has 6 N–H and O–H groups in total. The van der Waals surface area contributed by atoms with Crippen LogP contribution in [0.5, 0.6) is 0 Å². The number of aliphatic hydroxyl groups is 5. The molecule has 0 radical (unpaired) electrons. The second-order valence-corrected chi connectivity index (χ2v) is 14.1. The lowest BCUT2D eigenvalue weighted by atomic mass is 9.99. The van der Waals surface area contributed by atoms with Crippen molar-refractivity contribution in [3.8, 4) is 0 Å². The van der Waals surface area contributed by atoms with Crippen molar-refractivity contribution in [1.29, 1.82) is 0 Å². The lowest BCUT2D eigenvalue weighted by molar-refractivity contribution is -0.302. The van der Waals surface area contributed by atoms with E-state index >= 15 is 0 Å². The van der Waals surface area contributed by atoms with E-state index in [1.54, 1.807) is 6.08 Å². The molecule has 9 heteroatoms. The van der Waals surface area contributed by atoms with Gasteiger partial charge in [-0.2, -0.15) is 0 Å². The molecule has 0 aromatic carbocycles. The number of aliphatic hydroxyl groups excluding tert-OH is 5. The number of ether oxygens (including phenoxy) is 2. The van der Waals surface area contributed by atoms with Gasteiger partial charge in [-0.05, 0) is 19.3 Å². The summed E-state index contributed by atoms with van der Waals surface area (Å²) in [6.45, 7) is 3.74. The van der Waals surface area contributed by atoms with E-state index in [0.29, 0.717) is 6.42 Å². The molecule has 1 fully saturated rings. The molecule has 9 nitrogen and oxygen atoms in total. The Labute approximate surface area is 293 Å². The van der Waals surface area contributed by atoms with Gasteiger partial charge < -0.3 is 40.3 Å². The van der Waals surface area contributed by atoms with Gasteiger partial charge in [0.15, 0.2) is 6.29 Å². The van der Waals surface area contributed by atoms with E-state index in [2.05, 4.69) is 19.2 Å². The fourth-order valence-corrected chi connectivity index (χ4v) is 6.33. The zero-order chi connectivity index (χ0) is 35.2. The summed E-state index contributed by atoms with van der Waals surface area (Å²) in [5, 5.41) is 53.9. The Bertz CT molecular complexity index is 766. The first kappa shape index (κ1) is 45.0. The van der Waals surface area contributed by atoms with Gasteiger partial charge in [-0.25, -0.2) is 0 Å². The van der Waals surface area contributed by atoms with Gasteiger partial charge in [-0.15, -0.1) is 0 Å². The second kappa shape index (κ2) is 30.7. The molecule has 284 valence electrons. The third-order valence-electron chi connectivity index (χ3n) is 9.61. The van der Waals surface area contributed by atoms with Crippen LogP contribution < -0.4 is 5.32 Å². The van der Waals surface area contributed by atoms with Crippen molar-refractivity contribution >= 4 is 5.91 Å². The lowest BCUT2D eigenvalue weighted by Crippen LogP contribution is -2.60. The van der Waals surface area contributed by atoms with E-state index in [9.17, 15) is 30.3 Å². The Balaban J connectivity index is 2.43. The summed E-state index contributed by atoms with van der Waals surface area (Å²) in [6.07, 6.45) is 25.3. The SMILES string of the molecule is CCCCCCCCCCC/C=C/[C@@H](O)[C@H](CO[C@H]1O[C@@H](CO)[C@H](O)C(O)C1O)NC(=O)CCCCCCCCCCCCCCCC. The second-order valence-electron chi connectivity index (χ2n) is 14.1. The van der Waals surface area contributed by atoms with Gasteiger partial charge in [0.25, 0.3) is 0 Å². The van der Waals surface area contributed by atoms with Crippen LogP contribution in [-0.4, -0.2) is 87.5 Å². The standard InChI is InChI=1S/C39H75NO8/c1-3-5-7-9-11-13-15-16-17-19-21-23-25-27-29-35(43)40-32(31-47-39-38(46)37(45)36(44)34(30-41)48-39)33(42)28-26-24-22-20-18-14-12-10-8-6-4-2/h26,28,32-34,36-39,41-42,44-46H,3-25,27,29-31H2,1-2H3,(H,40,43)/b28-26+/t32-,33+,34-,36-,37?,38?,39-/m0/s1. The fourth-order valence-electron chi connectivity index (χ4n) is 6.33. The molecular formula is C39H75NO8. The number of allylic oxidation sites excluding steroid dienone is 1. The van der Waals surface area contributed by atoms with Gasteiger partial charge in [0, 0.05) is 6.42 Å². The fraction of sp³-hybridized carbons (Fsp3) is 0.923. The smallest absolute Gasteiger partial charge is 0.220 e. The maximum atomic E-state index is 12.9. The number of hydrogen-bond donors (Lipinski definition) is 6. The van der Waals surface area contributed by atoms with Crippen molar-refractivity contribution in [1.82, 2.24) is 5.32 Å². The Hall–Kier alpha value is -1.07. The maximum absolute atomic E-state index is 12.9. The summed E-state index contributed by atoms with van der Waals surface area (Å²) < 4.78 is 11.2. The van der Waals surface area contributed by atoms with Crippen molar-refractivity contribution in [2.24, 2.45) is 0 Å². The molecule has 0 bridgehead atoms. The van der Waals surface area contributed by atoms with E-state index < -0.39 is 49.5 Å². The van der Waals surface area contributed by atoms with Crippen molar-refractivity contribution in [3.05, 3.63) is 12.2 Å². The summed E-state index contributed by atoms with van der Waals surface area (Å²) in [5.74, 6) is -0.178. The van der Waals surface area contributed by atoms with Crippen LogP contribution in [0.25, 0.3) is 0 Å². The number of amides is 1. The van der Waals surface area contributed by atoms with Crippen LogP contribution in [0, 0.1) is 0 Å². The van der Waals surface area contributed by atoms with Crippen molar-refractivity contribution < 1.29 is 39.8 Å². The topological polar surface area (TPSA) is 149 Å². The maximum Gasteiger partial charge on any atom is 0.220 e. The minimum Gasteiger partial charge on any atom is -0.394 e. The first-order chi connectivity index (χ1) is 23.3. The summed E-state index contributed by atoms with van der Waals surface area (Å²) in [4.78, 5) is 12.9. The normalized spacial score (nSPS) is 22.7. The monoisotopic (exact) mass is 686 g/mol. The van der Waals surface area contributed by atoms with Crippen molar-refractivity contribution in [3.63, 3.8) is 0 Å². The highest BCUT2D eigenvalue weighted by atomic mass is 16.7. The first-order valence-electron chi connectivity index (χ1n) is 19.9. The van der Waals surface area contributed by atoms with Gasteiger partial charge in [0.05, 0.1) is 25.4 Å². The van der Waals surface area contributed by atoms with Crippen LogP contribution in [0.15, 0.2) is 12.2 Å². The summed E-state index contributed by atoms with van der Waals surface area (Å²) in [7, 11) is 0. The van der Waals surface area contributed by atoms with Crippen LogP contribution in [-0.2, 0) is 14.3 Å². The highest BCUT2D eigenvalue weighted by Crippen LogP contribution is 2.22. The predicted molar refractivity (Wildman–Crippen MR) is 194 cm³/mol. The third kappa shape index (κ3) is 21.9. The van der Waals surface area contributed by atoms with Gasteiger partial charge in [-0.3, -0.25) is 4.79 Å². The minimum atomic E-state index is -1.56. The van der Waals surface area contributed by atoms with E-state index in [0.717, 1.165) is 38.5 Å². The average Bonchev–Trinajstić information content (AvgIpc) is 3.08. The molecule has 1 saturated heterocycles. The number of hydrogen-bond acceptors (Lipinski definition) is 8. The molecule has 1 amide bonds. The molecule has 0 aromatic rings. The van der Waals surface area contributed by atoms with Gasteiger partial charge in [0.1, 0.15) is 24.4 Å². The molecule has 0 spiro atoms. The molecular weight excluding hydrogens is 610 g/mol. The molecule has 0 aromatic heterocycles. The van der Waals surface area contributed by atoms with E-state index in [1.165, 1.54) is 116 Å². The zero-order valence-electron chi connectivity index (χ0n) is 30.7. The van der Waals surface area contributed by atoms with E-state index in [4.69, 9.17) is 9.47 Å². The predicted octanol–water partition coefficient (Wildman–Crippen LogP) is 7.00. The number of nitrogens with one attached hydrogen (secondary N) is 1. The highest BCUT2D eigenvalue weighted by molar-refractivity contribution is 5.76. The van der Waals surface area contributed by atoms with Crippen molar-refractivity contribution in [2.45, 2.75) is 217 Å². The number of rotatable bonds is 32. The van der Waals surface area contributed by atoms with Crippen molar-refractivity contribution in [2.75, 3.05) is 13.2 Å². The average molecular weight is 686 g/mol. The van der Waals surface area contributed by atoms with Crippen LogP contribution in [0.4, 0.5) is 0 Å². The molecule has 1 heterocycles. The van der Waals surface area contributed by atoms with Crippen LogP contribution in [0.2, 0.25) is 0 Å². The van der Waals surface area contributed by atoms with Crippen LogP contribution in [0.3, 0.4) is 0 Å².